The summed E-state index contributed by atoms with van der Waals surface area (Å²) in [6.45, 7) is 1.96. The Labute approximate surface area is 168 Å². The molecule has 2 aromatic heterocycles. The molecule has 3 aromatic rings. The van der Waals surface area contributed by atoms with Crippen LogP contribution < -0.4 is 10.9 Å². The van der Waals surface area contributed by atoms with Gasteiger partial charge in [-0.3, -0.25) is 14.6 Å². The third kappa shape index (κ3) is 3.85. The summed E-state index contributed by atoms with van der Waals surface area (Å²) < 4.78 is 0. The molecule has 1 amide bonds. The molecule has 1 aliphatic rings. The maximum absolute atomic E-state index is 12.8. The number of hydrogen-bond donors (Lipinski definition) is 3. The van der Waals surface area contributed by atoms with Crippen LogP contribution in [0, 0.1) is 5.92 Å². The minimum atomic E-state index is -0.764. The van der Waals surface area contributed by atoms with E-state index >= 15 is 0 Å². The Morgan fingerprint density at radius 2 is 1.97 bits per heavy atom. The molecule has 2 heterocycles. The van der Waals surface area contributed by atoms with Crippen molar-refractivity contribution in [1.29, 1.82) is 0 Å². The lowest BCUT2D eigenvalue weighted by atomic mass is 9.84. The van der Waals surface area contributed by atoms with E-state index in [1.807, 2.05) is 37.3 Å². The molecule has 0 radical (unpaired) electrons. The highest BCUT2D eigenvalue weighted by Gasteiger charge is 2.25. The first-order chi connectivity index (χ1) is 14.0. The van der Waals surface area contributed by atoms with E-state index in [9.17, 15) is 14.7 Å². The van der Waals surface area contributed by atoms with Gasteiger partial charge in [-0.05, 0) is 37.1 Å². The molecule has 1 fully saturated rings. The van der Waals surface area contributed by atoms with E-state index in [-0.39, 0.29) is 17.6 Å². The third-order valence-corrected chi connectivity index (χ3v) is 5.72. The Balaban J connectivity index is 1.68. The average Bonchev–Trinajstić information content (AvgIpc) is 2.75. The van der Waals surface area contributed by atoms with Gasteiger partial charge in [-0.1, -0.05) is 43.5 Å². The minimum absolute atomic E-state index is 0.0533. The number of nitrogens with zero attached hydrogens (tertiary/aromatic N) is 2. The van der Waals surface area contributed by atoms with E-state index in [1.54, 1.807) is 6.20 Å². The van der Waals surface area contributed by atoms with Gasteiger partial charge in [-0.2, -0.15) is 0 Å². The van der Waals surface area contributed by atoms with Gasteiger partial charge >= 0.3 is 0 Å². The van der Waals surface area contributed by atoms with Crippen molar-refractivity contribution in [2.24, 2.45) is 5.92 Å². The molecule has 1 saturated carbocycles. The van der Waals surface area contributed by atoms with Gasteiger partial charge in [0.15, 0.2) is 11.5 Å². The number of benzene rings is 1. The predicted octanol–water partition coefficient (Wildman–Crippen LogP) is 3.39. The van der Waals surface area contributed by atoms with Crippen LogP contribution in [0.15, 0.2) is 41.3 Å². The topological polar surface area (TPSA) is 108 Å². The molecular weight excluding hydrogens is 368 g/mol. The standard InChI is InChI=1S/C22H24N4O3/c1-13(14-7-3-2-4-8-14)24-21(28)18-19(27)22(29)26-20(25-18)17-16-10-6-5-9-15(16)11-12-23-17/h5-6,9-14,27H,2-4,7-8H2,1H3,(H,24,28)(H,25,26,29)/t13-/m1/s1. The number of amides is 1. The molecule has 0 saturated heterocycles. The van der Waals surface area contributed by atoms with E-state index in [4.69, 9.17) is 0 Å². The molecule has 0 aliphatic heterocycles. The molecule has 0 unspecified atom stereocenters. The fourth-order valence-electron chi connectivity index (χ4n) is 4.07. The van der Waals surface area contributed by atoms with Gasteiger partial charge in [0.05, 0.1) is 0 Å². The molecule has 3 N–H and O–H groups in total. The number of H-pyrrole nitrogens is 1. The van der Waals surface area contributed by atoms with Crippen LogP contribution in [0.3, 0.4) is 0 Å². The maximum atomic E-state index is 12.8. The molecule has 7 nitrogen and oxygen atoms in total. The highest BCUT2D eigenvalue weighted by Crippen LogP contribution is 2.27. The zero-order valence-electron chi connectivity index (χ0n) is 16.3. The van der Waals surface area contributed by atoms with Crippen molar-refractivity contribution in [1.82, 2.24) is 20.3 Å². The van der Waals surface area contributed by atoms with Crippen molar-refractivity contribution >= 4 is 16.7 Å². The van der Waals surface area contributed by atoms with Gasteiger partial charge < -0.3 is 15.4 Å². The quantitative estimate of drug-likeness (QED) is 0.631. The van der Waals surface area contributed by atoms with E-state index in [1.165, 1.54) is 6.42 Å². The van der Waals surface area contributed by atoms with Crippen molar-refractivity contribution < 1.29 is 9.90 Å². The third-order valence-electron chi connectivity index (χ3n) is 5.72. The Kier molecular flexibility index (Phi) is 5.29. The van der Waals surface area contributed by atoms with Crippen LogP contribution in [-0.4, -0.2) is 32.0 Å². The first-order valence-electron chi connectivity index (χ1n) is 10.0. The zero-order chi connectivity index (χ0) is 20.4. The number of carbonyl (C=O) groups is 1. The van der Waals surface area contributed by atoms with E-state index in [0.29, 0.717) is 11.6 Å². The highest BCUT2D eigenvalue weighted by molar-refractivity contribution is 5.96. The summed E-state index contributed by atoms with van der Waals surface area (Å²) in [5.41, 5.74) is -0.587. The van der Waals surface area contributed by atoms with Crippen LogP contribution in [0.5, 0.6) is 5.75 Å². The Morgan fingerprint density at radius 1 is 1.21 bits per heavy atom. The summed E-state index contributed by atoms with van der Waals surface area (Å²) in [4.78, 5) is 36.3. The van der Waals surface area contributed by atoms with Gasteiger partial charge in [0, 0.05) is 17.6 Å². The van der Waals surface area contributed by atoms with Gasteiger partial charge in [-0.25, -0.2) is 4.98 Å². The number of rotatable bonds is 4. The Hall–Kier alpha value is -3.22. The molecule has 1 aliphatic carbocycles. The van der Waals surface area contributed by atoms with E-state index in [2.05, 4.69) is 20.3 Å². The van der Waals surface area contributed by atoms with Crippen LogP contribution in [0.25, 0.3) is 22.3 Å². The lowest BCUT2D eigenvalue weighted by Crippen LogP contribution is -2.39. The number of aromatic hydroxyl groups is 1. The maximum Gasteiger partial charge on any atom is 0.294 e. The van der Waals surface area contributed by atoms with Gasteiger partial charge in [0.25, 0.3) is 11.5 Å². The summed E-state index contributed by atoms with van der Waals surface area (Å²) in [6, 6.07) is 9.38. The first kappa shape index (κ1) is 19.1. The number of fused-ring (bicyclic) bond motifs is 1. The average molecular weight is 392 g/mol. The second-order valence-electron chi connectivity index (χ2n) is 7.65. The fraction of sp³-hybridized carbons (Fsp3) is 0.364. The number of pyridine rings is 1. The summed E-state index contributed by atoms with van der Waals surface area (Å²) >= 11 is 0. The molecule has 150 valence electrons. The number of aromatic nitrogens is 3. The Bertz CT molecular complexity index is 1100. The lowest BCUT2D eigenvalue weighted by Gasteiger charge is -2.28. The van der Waals surface area contributed by atoms with Crippen LogP contribution in [-0.2, 0) is 0 Å². The number of carbonyl (C=O) groups excluding carboxylic acids is 1. The smallest absolute Gasteiger partial charge is 0.294 e. The molecular formula is C22H24N4O3. The predicted molar refractivity (Wildman–Crippen MR) is 111 cm³/mol. The molecule has 29 heavy (non-hydrogen) atoms. The summed E-state index contributed by atoms with van der Waals surface area (Å²) in [5.74, 6) is -0.674. The van der Waals surface area contributed by atoms with Gasteiger partial charge in [0.1, 0.15) is 5.69 Å². The van der Waals surface area contributed by atoms with Crippen molar-refractivity contribution in [3.8, 4) is 17.3 Å². The van der Waals surface area contributed by atoms with Crippen LogP contribution in [0.4, 0.5) is 0 Å². The summed E-state index contributed by atoms with van der Waals surface area (Å²) in [7, 11) is 0. The monoisotopic (exact) mass is 392 g/mol. The Morgan fingerprint density at radius 3 is 2.76 bits per heavy atom. The fourth-order valence-corrected chi connectivity index (χ4v) is 4.07. The largest absolute Gasteiger partial charge is 0.501 e. The SMILES string of the molecule is C[C@@H](NC(=O)c1nc(-c2nccc3ccccc23)[nH]c(=O)c1O)C1CCCCC1. The van der Waals surface area contributed by atoms with E-state index < -0.39 is 17.2 Å². The lowest BCUT2D eigenvalue weighted by molar-refractivity contribution is 0.0911. The second kappa shape index (κ2) is 8.03. The van der Waals surface area contributed by atoms with Crippen molar-refractivity contribution in [2.45, 2.75) is 45.1 Å². The molecule has 1 aromatic carbocycles. The summed E-state index contributed by atoms with van der Waals surface area (Å²) in [5, 5.41) is 14.8. The normalized spacial score (nSPS) is 15.9. The van der Waals surface area contributed by atoms with Gasteiger partial charge in [0.2, 0.25) is 5.75 Å². The second-order valence-corrected chi connectivity index (χ2v) is 7.65. The molecule has 0 bridgehead atoms. The van der Waals surface area contributed by atoms with Crippen molar-refractivity contribution in [3.05, 3.63) is 52.6 Å². The summed E-state index contributed by atoms with van der Waals surface area (Å²) in [6.07, 6.45) is 7.32. The zero-order valence-corrected chi connectivity index (χ0v) is 16.3. The van der Waals surface area contributed by atoms with Crippen LogP contribution >= 0.6 is 0 Å². The first-order valence-corrected chi connectivity index (χ1v) is 10.0. The highest BCUT2D eigenvalue weighted by atomic mass is 16.3. The van der Waals surface area contributed by atoms with E-state index in [0.717, 1.165) is 36.5 Å². The van der Waals surface area contributed by atoms with Gasteiger partial charge in [-0.15, -0.1) is 0 Å². The molecule has 7 heteroatoms. The van der Waals surface area contributed by atoms with Crippen LogP contribution in [0.2, 0.25) is 0 Å². The number of aromatic amines is 1. The molecule has 4 rings (SSSR count). The number of hydrogen-bond acceptors (Lipinski definition) is 5. The van der Waals surface area contributed by atoms with Crippen molar-refractivity contribution in [2.75, 3.05) is 0 Å². The number of nitrogens with one attached hydrogen (secondary N) is 2. The van der Waals surface area contributed by atoms with Crippen LogP contribution in [0.1, 0.15) is 49.5 Å². The molecule has 0 spiro atoms. The molecule has 1 atom stereocenters. The van der Waals surface area contributed by atoms with Crippen molar-refractivity contribution in [3.63, 3.8) is 0 Å². The minimum Gasteiger partial charge on any atom is -0.501 e.